The summed E-state index contributed by atoms with van der Waals surface area (Å²) < 4.78 is 10.1. The lowest BCUT2D eigenvalue weighted by atomic mass is 10.0. The Bertz CT molecular complexity index is 219. The summed E-state index contributed by atoms with van der Waals surface area (Å²) in [5.74, 6) is 0. The molecule has 0 spiro atoms. The highest BCUT2D eigenvalue weighted by molar-refractivity contribution is 5.50. The fourth-order valence-electron chi connectivity index (χ4n) is 2.84. The van der Waals surface area contributed by atoms with Crippen molar-refractivity contribution >= 4 is 6.29 Å². The van der Waals surface area contributed by atoms with Gasteiger partial charge >= 0.3 is 0 Å². The fourth-order valence-corrected chi connectivity index (χ4v) is 2.84. The average Bonchev–Trinajstić information content (AvgIpc) is 2.57. The van der Waals surface area contributed by atoms with Crippen LogP contribution < -0.4 is 0 Å². The quantitative estimate of drug-likeness (QED) is 0.204. The van der Waals surface area contributed by atoms with Gasteiger partial charge in [0.15, 0.2) is 6.29 Å². The second kappa shape index (κ2) is 21.6. The Morgan fingerprint density at radius 2 is 1.00 bits per heavy atom. The Morgan fingerprint density at radius 1 is 0.609 bits per heavy atom. The van der Waals surface area contributed by atoms with Crippen LogP contribution in [0.1, 0.15) is 103 Å². The maximum atomic E-state index is 10.1. The molecule has 1 radical (unpaired) electrons. The first kappa shape index (κ1) is 22.6. The molecule has 0 N–H and O–H groups in total. The fraction of sp³-hybridized carbons (Fsp3) is 0.950. The minimum absolute atomic E-state index is 0.429. The van der Waals surface area contributed by atoms with Crippen molar-refractivity contribution in [2.24, 2.45) is 0 Å². The van der Waals surface area contributed by atoms with E-state index in [1.165, 1.54) is 83.5 Å². The number of ether oxygens (including phenoxy) is 2. The molecule has 0 saturated carbocycles. The molecular formula is C20H39O3. The van der Waals surface area contributed by atoms with Gasteiger partial charge in [0.05, 0.1) is 0 Å². The van der Waals surface area contributed by atoms with E-state index in [2.05, 4.69) is 0 Å². The maximum absolute atomic E-state index is 10.1. The molecule has 0 unspecified atom stereocenters. The largest absolute Gasteiger partial charge is 0.359 e. The average molecular weight is 328 g/mol. The monoisotopic (exact) mass is 327 g/mol. The highest BCUT2D eigenvalue weighted by Crippen LogP contribution is 2.13. The van der Waals surface area contributed by atoms with Crippen LogP contribution in [0.4, 0.5) is 0 Å². The van der Waals surface area contributed by atoms with Crippen LogP contribution in [-0.2, 0) is 14.3 Å². The molecule has 0 aliphatic heterocycles. The Labute approximate surface area is 144 Å². The van der Waals surface area contributed by atoms with Gasteiger partial charge in [0.2, 0.25) is 0 Å². The molecule has 3 heteroatoms. The molecule has 0 aliphatic rings. The van der Waals surface area contributed by atoms with E-state index >= 15 is 0 Å². The van der Waals surface area contributed by atoms with E-state index in [1.807, 2.05) is 6.29 Å². The minimum atomic E-state index is 0.429. The zero-order valence-electron chi connectivity index (χ0n) is 15.5. The second-order valence-corrected chi connectivity index (χ2v) is 6.51. The van der Waals surface area contributed by atoms with E-state index in [9.17, 15) is 4.79 Å². The topological polar surface area (TPSA) is 35.5 Å². The lowest BCUT2D eigenvalue weighted by Gasteiger charge is -2.04. The first-order chi connectivity index (χ1) is 11.4. The Kier molecular flexibility index (Phi) is 21.2. The third kappa shape index (κ3) is 21.6. The van der Waals surface area contributed by atoms with Crippen molar-refractivity contribution in [2.75, 3.05) is 20.5 Å². The third-order valence-corrected chi connectivity index (χ3v) is 4.27. The van der Waals surface area contributed by atoms with Gasteiger partial charge < -0.3 is 9.47 Å². The predicted molar refractivity (Wildman–Crippen MR) is 97.4 cm³/mol. The molecule has 137 valence electrons. The van der Waals surface area contributed by atoms with Crippen LogP contribution in [0.5, 0.6) is 0 Å². The van der Waals surface area contributed by atoms with E-state index in [-0.39, 0.29) is 0 Å². The van der Waals surface area contributed by atoms with Gasteiger partial charge in [0, 0.05) is 20.1 Å². The summed E-state index contributed by atoms with van der Waals surface area (Å²) >= 11 is 0. The molecule has 0 aliphatic carbocycles. The van der Waals surface area contributed by atoms with Gasteiger partial charge in [-0.1, -0.05) is 83.5 Å². The highest BCUT2D eigenvalue weighted by atomic mass is 16.7. The summed E-state index contributed by atoms with van der Waals surface area (Å²) in [5, 5.41) is 0. The van der Waals surface area contributed by atoms with E-state index < -0.39 is 0 Å². The first-order valence-corrected chi connectivity index (χ1v) is 9.83. The molecule has 0 fully saturated rings. The van der Waals surface area contributed by atoms with Crippen molar-refractivity contribution in [3.63, 3.8) is 0 Å². The van der Waals surface area contributed by atoms with Gasteiger partial charge in [-0.15, -0.1) is 0 Å². The van der Waals surface area contributed by atoms with Gasteiger partial charge in [0.25, 0.3) is 0 Å². The molecule has 0 aromatic rings. The number of methoxy groups -OCH3 is 1. The molecular weight excluding hydrogens is 288 g/mol. The minimum Gasteiger partial charge on any atom is -0.359 e. The van der Waals surface area contributed by atoms with Crippen molar-refractivity contribution in [1.29, 1.82) is 0 Å². The Balaban J connectivity index is 2.93. The van der Waals surface area contributed by atoms with Crippen LogP contribution in [0, 0.1) is 0 Å². The molecule has 3 nitrogen and oxygen atoms in total. The van der Waals surface area contributed by atoms with Crippen LogP contribution in [0.3, 0.4) is 0 Å². The van der Waals surface area contributed by atoms with Crippen molar-refractivity contribution in [2.45, 2.75) is 103 Å². The zero-order valence-corrected chi connectivity index (χ0v) is 15.5. The van der Waals surface area contributed by atoms with Gasteiger partial charge in [-0.05, 0) is 12.8 Å². The number of rotatable bonds is 20. The highest BCUT2D eigenvalue weighted by Gasteiger charge is 1.95. The molecule has 0 bridgehead atoms. The van der Waals surface area contributed by atoms with Gasteiger partial charge in [0.1, 0.15) is 6.79 Å². The number of hydrogen-bond acceptors (Lipinski definition) is 3. The van der Waals surface area contributed by atoms with E-state index in [1.54, 1.807) is 7.11 Å². The summed E-state index contributed by atoms with van der Waals surface area (Å²) in [7, 11) is 1.66. The van der Waals surface area contributed by atoms with Crippen molar-refractivity contribution in [3.05, 3.63) is 0 Å². The van der Waals surface area contributed by atoms with Crippen molar-refractivity contribution < 1.29 is 14.3 Å². The van der Waals surface area contributed by atoms with E-state index in [0.29, 0.717) is 13.2 Å². The first-order valence-electron chi connectivity index (χ1n) is 9.83. The Hall–Kier alpha value is -0.410. The molecule has 0 rings (SSSR count). The second-order valence-electron chi connectivity index (χ2n) is 6.51. The summed E-state index contributed by atoms with van der Waals surface area (Å²) in [6, 6.07) is 0. The summed E-state index contributed by atoms with van der Waals surface area (Å²) in [6.45, 7) is 1.27. The van der Waals surface area contributed by atoms with Gasteiger partial charge in [-0.3, -0.25) is 4.79 Å². The summed E-state index contributed by atoms with van der Waals surface area (Å²) in [5.41, 5.74) is 0. The lowest BCUT2D eigenvalue weighted by molar-refractivity contribution is -0.0315. The van der Waals surface area contributed by atoms with Crippen molar-refractivity contribution in [3.8, 4) is 0 Å². The number of carbonyl (C=O) groups excluding carboxylic acids is 1. The van der Waals surface area contributed by atoms with E-state index in [4.69, 9.17) is 9.47 Å². The summed E-state index contributed by atoms with van der Waals surface area (Å²) in [6.07, 6.45) is 22.4. The molecule has 0 heterocycles. The molecule has 0 atom stereocenters. The SMILES string of the molecule is COCOCCCCCCCCCCCCCCCCC[C]=O. The summed E-state index contributed by atoms with van der Waals surface area (Å²) in [4.78, 5) is 10.1. The van der Waals surface area contributed by atoms with Gasteiger partial charge in [-0.2, -0.15) is 0 Å². The number of unbranched alkanes of at least 4 members (excludes halogenated alkanes) is 15. The molecule has 0 saturated heterocycles. The molecule has 0 amide bonds. The smallest absolute Gasteiger partial charge is 0.198 e. The van der Waals surface area contributed by atoms with Crippen LogP contribution in [0.15, 0.2) is 0 Å². The third-order valence-electron chi connectivity index (χ3n) is 4.27. The van der Waals surface area contributed by atoms with E-state index in [0.717, 1.165) is 19.4 Å². The standard InChI is InChI=1S/C20H39O3/c1-22-20-23-19-17-15-13-11-9-7-5-3-2-4-6-8-10-12-14-16-18-21/h2-17,19-20H2,1H3. The normalized spacial score (nSPS) is 11.0. The van der Waals surface area contributed by atoms with Gasteiger partial charge in [-0.25, -0.2) is 0 Å². The van der Waals surface area contributed by atoms with Crippen LogP contribution in [-0.4, -0.2) is 26.8 Å². The number of hydrogen-bond donors (Lipinski definition) is 0. The zero-order chi connectivity index (χ0) is 16.8. The molecule has 0 aromatic carbocycles. The van der Waals surface area contributed by atoms with Crippen molar-refractivity contribution in [1.82, 2.24) is 0 Å². The van der Waals surface area contributed by atoms with Crippen LogP contribution >= 0.6 is 0 Å². The molecule has 0 aromatic heterocycles. The lowest BCUT2D eigenvalue weighted by Crippen LogP contribution is -1.98. The van der Waals surface area contributed by atoms with Crippen LogP contribution in [0.25, 0.3) is 0 Å². The van der Waals surface area contributed by atoms with Crippen LogP contribution in [0.2, 0.25) is 0 Å². The Morgan fingerprint density at radius 3 is 1.39 bits per heavy atom. The predicted octanol–water partition coefficient (Wildman–Crippen LogP) is 5.96. The molecule has 23 heavy (non-hydrogen) atoms. The maximum Gasteiger partial charge on any atom is 0.198 e.